The van der Waals surface area contributed by atoms with Gasteiger partial charge in [-0.05, 0) is 12.8 Å². The maximum Gasteiger partial charge on any atom is 0.220 e. The molecule has 7 heteroatoms. The zero-order chi connectivity index (χ0) is 15.7. The van der Waals surface area contributed by atoms with E-state index in [1.807, 2.05) is 13.8 Å². The molecule has 5 N–H and O–H groups in total. The Balaban J connectivity index is 3.72. The lowest BCUT2D eigenvalue weighted by Gasteiger charge is -2.13. The number of nitrogens with two attached hydrogens (primary N) is 2. The van der Waals surface area contributed by atoms with E-state index in [9.17, 15) is 14.4 Å². The van der Waals surface area contributed by atoms with Crippen molar-refractivity contribution in [1.29, 1.82) is 0 Å². The highest BCUT2D eigenvalue weighted by atomic mass is 32.1. The summed E-state index contributed by atoms with van der Waals surface area (Å²) in [5.41, 5.74) is 11.2. The summed E-state index contributed by atoms with van der Waals surface area (Å²) in [4.78, 5) is 33.8. The first-order valence-corrected chi connectivity index (χ1v) is 7.24. The number of thiol groups is 1. The lowest BCUT2D eigenvalue weighted by atomic mass is 9.98. The second-order valence-corrected chi connectivity index (χ2v) is 5.60. The fraction of sp³-hybridized carbons (Fsp3) is 0.769. The highest BCUT2D eigenvalue weighted by Gasteiger charge is 2.16. The Morgan fingerprint density at radius 3 is 2.20 bits per heavy atom. The summed E-state index contributed by atoms with van der Waals surface area (Å²) in [5, 5.41) is 2.11. The molecule has 0 aromatic carbocycles. The van der Waals surface area contributed by atoms with Crippen LogP contribution >= 0.6 is 12.6 Å². The van der Waals surface area contributed by atoms with E-state index in [4.69, 9.17) is 11.5 Å². The highest BCUT2D eigenvalue weighted by Crippen LogP contribution is 2.07. The molecule has 6 nitrogen and oxygen atoms in total. The number of unbranched alkanes of at least 4 members (excludes halogenated alkanes) is 1. The molecule has 0 bridgehead atoms. The maximum absolute atomic E-state index is 11.6. The molecule has 0 aliphatic heterocycles. The van der Waals surface area contributed by atoms with Gasteiger partial charge in [0.1, 0.15) is 0 Å². The molecule has 0 radical (unpaired) electrons. The van der Waals surface area contributed by atoms with Gasteiger partial charge in [0, 0.05) is 18.9 Å². The smallest absolute Gasteiger partial charge is 0.220 e. The molecule has 2 unspecified atom stereocenters. The molecular weight excluding hydrogens is 278 g/mol. The number of Topliss-reactive ketones (excluding diaryl/α,β-unsaturated/α-hetero) is 1. The SMILES string of the molecule is CC(C)C(=O)C(N)CCCCC(=O)NCC(N)C(=O)S. The van der Waals surface area contributed by atoms with Gasteiger partial charge in [-0.1, -0.05) is 20.3 Å². The van der Waals surface area contributed by atoms with Gasteiger partial charge < -0.3 is 16.8 Å². The summed E-state index contributed by atoms with van der Waals surface area (Å²) in [6.07, 6.45) is 2.27. The largest absolute Gasteiger partial charge is 0.354 e. The fourth-order valence-corrected chi connectivity index (χ4v) is 1.71. The van der Waals surface area contributed by atoms with Crippen LogP contribution in [0.25, 0.3) is 0 Å². The minimum Gasteiger partial charge on any atom is -0.354 e. The Morgan fingerprint density at radius 2 is 1.70 bits per heavy atom. The number of hydrogen-bond donors (Lipinski definition) is 4. The van der Waals surface area contributed by atoms with Crippen molar-refractivity contribution >= 4 is 29.4 Å². The Morgan fingerprint density at radius 1 is 1.10 bits per heavy atom. The van der Waals surface area contributed by atoms with Crippen LogP contribution in [0.2, 0.25) is 0 Å². The number of amides is 1. The van der Waals surface area contributed by atoms with Gasteiger partial charge in [0.2, 0.25) is 11.0 Å². The third-order valence-electron chi connectivity index (χ3n) is 2.94. The zero-order valence-electron chi connectivity index (χ0n) is 12.1. The van der Waals surface area contributed by atoms with E-state index in [1.54, 1.807) is 0 Å². The van der Waals surface area contributed by atoms with Crippen LogP contribution in [0.5, 0.6) is 0 Å². The molecule has 2 atom stereocenters. The van der Waals surface area contributed by atoms with Crippen molar-refractivity contribution in [3.8, 4) is 0 Å². The van der Waals surface area contributed by atoms with Crippen molar-refractivity contribution in [2.45, 2.75) is 51.6 Å². The summed E-state index contributed by atoms with van der Waals surface area (Å²) >= 11 is 3.58. The quantitative estimate of drug-likeness (QED) is 0.335. The topological polar surface area (TPSA) is 115 Å². The Kier molecular flexibility index (Phi) is 9.45. The molecule has 0 aromatic rings. The van der Waals surface area contributed by atoms with Crippen molar-refractivity contribution in [3.63, 3.8) is 0 Å². The van der Waals surface area contributed by atoms with Crippen LogP contribution in [0, 0.1) is 5.92 Å². The van der Waals surface area contributed by atoms with Crippen LogP contribution in [0.15, 0.2) is 0 Å². The van der Waals surface area contributed by atoms with E-state index >= 15 is 0 Å². The number of nitrogens with one attached hydrogen (secondary N) is 1. The van der Waals surface area contributed by atoms with E-state index in [0.29, 0.717) is 25.7 Å². The molecule has 0 aliphatic carbocycles. The normalized spacial score (nSPS) is 13.9. The molecule has 1 amide bonds. The van der Waals surface area contributed by atoms with Crippen LogP contribution in [0.3, 0.4) is 0 Å². The Hall–Kier alpha value is -0.920. The minimum absolute atomic E-state index is 0.0488. The van der Waals surface area contributed by atoms with Crippen molar-refractivity contribution < 1.29 is 14.4 Å². The van der Waals surface area contributed by atoms with E-state index in [2.05, 4.69) is 17.9 Å². The molecule has 0 rings (SSSR count). The number of rotatable bonds is 10. The predicted molar refractivity (Wildman–Crippen MR) is 81.3 cm³/mol. The second kappa shape index (κ2) is 9.90. The second-order valence-electron chi connectivity index (χ2n) is 5.16. The van der Waals surface area contributed by atoms with Gasteiger partial charge in [0.25, 0.3) is 0 Å². The van der Waals surface area contributed by atoms with Crippen molar-refractivity contribution in [2.24, 2.45) is 17.4 Å². The van der Waals surface area contributed by atoms with Gasteiger partial charge in [-0.2, -0.15) is 0 Å². The number of ketones is 1. The van der Waals surface area contributed by atoms with Crippen LogP contribution in [0.1, 0.15) is 39.5 Å². The average molecular weight is 303 g/mol. The molecule has 0 saturated heterocycles. The van der Waals surface area contributed by atoms with Gasteiger partial charge >= 0.3 is 0 Å². The summed E-state index contributed by atoms with van der Waals surface area (Å²) in [7, 11) is 0. The lowest BCUT2D eigenvalue weighted by Crippen LogP contribution is -2.40. The summed E-state index contributed by atoms with van der Waals surface area (Å²) in [6.45, 7) is 3.73. The maximum atomic E-state index is 11.6. The summed E-state index contributed by atoms with van der Waals surface area (Å²) < 4.78 is 0. The summed E-state index contributed by atoms with van der Waals surface area (Å²) in [6, 6.07) is -1.23. The third kappa shape index (κ3) is 8.29. The fourth-order valence-electron chi connectivity index (χ4n) is 1.62. The van der Waals surface area contributed by atoms with Gasteiger partial charge in [0.15, 0.2) is 5.78 Å². The molecule has 0 aromatic heterocycles. The number of carbonyl (C=O) groups excluding carboxylic acids is 3. The van der Waals surface area contributed by atoms with E-state index in [0.717, 1.165) is 0 Å². The van der Waals surface area contributed by atoms with E-state index in [-0.39, 0.29) is 24.2 Å². The molecule has 0 aliphatic rings. The van der Waals surface area contributed by atoms with Crippen LogP contribution < -0.4 is 16.8 Å². The minimum atomic E-state index is -0.778. The van der Waals surface area contributed by atoms with Crippen molar-refractivity contribution in [2.75, 3.05) is 6.54 Å². The molecular formula is C13H25N3O3S. The van der Waals surface area contributed by atoms with Crippen LogP contribution in [0.4, 0.5) is 0 Å². The van der Waals surface area contributed by atoms with Crippen molar-refractivity contribution in [3.05, 3.63) is 0 Å². The first-order chi connectivity index (χ1) is 9.25. The monoisotopic (exact) mass is 303 g/mol. The van der Waals surface area contributed by atoms with Gasteiger partial charge in [-0.25, -0.2) is 0 Å². The van der Waals surface area contributed by atoms with E-state index in [1.165, 1.54) is 0 Å². The van der Waals surface area contributed by atoms with E-state index < -0.39 is 17.2 Å². The standard InChI is InChI=1S/C13H25N3O3S/c1-8(2)12(18)9(14)5-3-4-6-11(17)16-7-10(15)13(19)20/h8-10H,3-7,14-15H2,1-2H3,(H,16,17)(H,19,20). The number of hydrogen-bond acceptors (Lipinski definition) is 5. The molecule has 0 saturated carbocycles. The number of carbonyl (C=O) groups is 3. The first-order valence-electron chi connectivity index (χ1n) is 6.80. The van der Waals surface area contributed by atoms with Crippen LogP contribution in [-0.4, -0.2) is 35.4 Å². The highest BCUT2D eigenvalue weighted by molar-refractivity contribution is 7.96. The lowest BCUT2D eigenvalue weighted by molar-refractivity contribution is -0.123. The van der Waals surface area contributed by atoms with Gasteiger partial charge in [-0.15, -0.1) is 12.6 Å². The van der Waals surface area contributed by atoms with Crippen molar-refractivity contribution in [1.82, 2.24) is 5.32 Å². The summed E-state index contributed by atoms with van der Waals surface area (Å²) in [5.74, 6) is -0.180. The Bertz CT molecular complexity index is 348. The van der Waals surface area contributed by atoms with Gasteiger partial charge in [0.05, 0.1) is 12.1 Å². The van der Waals surface area contributed by atoms with Crippen LogP contribution in [-0.2, 0) is 14.4 Å². The Labute approximate surface area is 125 Å². The first kappa shape index (κ1) is 19.1. The molecule has 20 heavy (non-hydrogen) atoms. The molecule has 0 spiro atoms. The molecule has 116 valence electrons. The third-order valence-corrected chi connectivity index (χ3v) is 3.27. The van der Waals surface area contributed by atoms with Gasteiger partial charge in [-0.3, -0.25) is 14.4 Å². The molecule has 0 fully saturated rings. The molecule has 0 heterocycles. The predicted octanol–water partition coefficient (Wildman–Crippen LogP) is -0.000900. The zero-order valence-corrected chi connectivity index (χ0v) is 13.0. The average Bonchev–Trinajstić information content (AvgIpc) is 2.39.